The Bertz CT molecular complexity index is 943. The van der Waals surface area contributed by atoms with E-state index in [1.807, 2.05) is 24.3 Å². The van der Waals surface area contributed by atoms with Crippen molar-refractivity contribution in [3.05, 3.63) is 69.2 Å². The molecule has 0 saturated carbocycles. The van der Waals surface area contributed by atoms with E-state index >= 15 is 0 Å². The van der Waals surface area contributed by atoms with Gasteiger partial charge >= 0.3 is 0 Å². The largest absolute Gasteiger partial charge is 0.346 e. The number of benzene rings is 2. The average molecular weight is 406 g/mol. The van der Waals surface area contributed by atoms with Gasteiger partial charge in [0.15, 0.2) is 0 Å². The number of halogens is 3. The Morgan fingerprint density at radius 3 is 2.88 bits per heavy atom. The van der Waals surface area contributed by atoms with E-state index < -0.39 is 17.7 Å². The standard InChI is InChI=1S/C17H14BrF2N5/c1-9-5-6-12(19)15(16(9)20)14-8-13(10-3-2-4-11(18)7-10)21-17-22-23-24-25(14)17/h2-7,13-14H,8H2,1H3,(H,21,22,24)/t13-,14+/m0/s1. The summed E-state index contributed by atoms with van der Waals surface area (Å²) in [5.74, 6) is -0.757. The molecule has 1 aromatic heterocycles. The van der Waals surface area contributed by atoms with Crippen molar-refractivity contribution in [1.29, 1.82) is 0 Å². The molecule has 8 heteroatoms. The van der Waals surface area contributed by atoms with Crippen LogP contribution in [0.5, 0.6) is 0 Å². The van der Waals surface area contributed by atoms with E-state index in [0.717, 1.165) is 10.0 Å². The highest BCUT2D eigenvalue weighted by Crippen LogP contribution is 2.39. The third-order valence-electron chi connectivity index (χ3n) is 4.45. The van der Waals surface area contributed by atoms with Crippen LogP contribution in [-0.4, -0.2) is 20.2 Å². The maximum absolute atomic E-state index is 14.7. The number of hydrogen-bond donors (Lipinski definition) is 1. The zero-order valence-electron chi connectivity index (χ0n) is 13.2. The van der Waals surface area contributed by atoms with Crippen molar-refractivity contribution in [3.63, 3.8) is 0 Å². The Kier molecular flexibility index (Phi) is 3.99. The third-order valence-corrected chi connectivity index (χ3v) is 4.95. The molecule has 5 nitrogen and oxygen atoms in total. The number of tetrazole rings is 1. The maximum Gasteiger partial charge on any atom is 0.244 e. The Morgan fingerprint density at radius 2 is 2.08 bits per heavy atom. The van der Waals surface area contributed by atoms with Crippen molar-refractivity contribution < 1.29 is 8.78 Å². The number of nitrogens with one attached hydrogen (secondary N) is 1. The SMILES string of the molecule is Cc1ccc(F)c([C@H]2C[C@@H](c3cccc(Br)c3)Nc3nnnn32)c1F. The van der Waals surface area contributed by atoms with Crippen molar-refractivity contribution in [2.24, 2.45) is 0 Å². The fraction of sp³-hybridized carbons (Fsp3) is 0.235. The van der Waals surface area contributed by atoms with E-state index in [2.05, 4.69) is 36.8 Å². The first-order valence-electron chi connectivity index (χ1n) is 7.79. The monoisotopic (exact) mass is 405 g/mol. The number of nitrogens with zero attached hydrogens (tertiary/aromatic N) is 4. The van der Waals surface area contributed by atoms with Gasteiger partial charge in [0, 0.05) is 10.0 Å². The fourth-order valence-electron chi connectivity index (χ4n) is 3.20. The molecule has 2 aromatic carbocycles. The molecular formula is C17H14BrF2N5. The highest BCUT2D eigenvalue weighted by molar-refractivity contribution is 9.10. The van der Waals surface area contributed by atoms with Gasteiger partial charge in [-0.15, -0.1) is 0 Å². The molecule has 0 aliphatic carbocycles. The van der Waals surface area contributed by atoms with Gasteiger partial charge in [-0.1, -0.05) is 39.2 Å². The van der Waals surface area contributed by atoms with E-state index in [1.165, 1.54) is 16.8 Å². The van der Waals surface area contributed by atoms with Gasteiger partial charge in [-0.2, -0.15) is 0 Å². The molecule has 4 rings (SSSR count). The van der Waals surface area contributed by atoms with Crippen molar-refractivity contribution >= 4 is 21.9 Å². The van der Waals surface area contributed by atoms with Crippen LogP contribution in [0, 0.1) is 18.6 Å². The molecule has 0 radical (unpaired) electrons. The molecule has 1 aliphatic rings. The van der Waals surface area contributed by atoms with Gasteiger partial charge in [0.05, 0.1) is 12.1 Å². The minimum atomic E-state index is -0.630. The average Bonchev–Trinajstić information content (AvgIpc) is 3.07. The summed E-state index contributed by atoms with van der Waals surface area (Å²) in [4.78, 5) is 0. The van der Waals surface area contributed by atoms with Crippen LogP contribution >= 0.6 is 15.9 Å². The second-order valence-electron chi connectivity index (χ2n) is 6.04. The molecule has 0 saturated heterocycles. The van der Waals surface area contributed by atoms with Gasteiger partial charge in [-0.3, -0.25) is 0 Å². The lowest BCUT2D eigenvalue weighted by Crippen LogP contribution is -2.29. The smallest absolute Gasteiger partial charge is 0.244 e. The van der Waals surface area contributed by atoms with Gasteiger partial charge in [-0.05, 0) is 53.1 Å². The minimum absolute atomic E-state index is 0.00459. The second kappa shape index (κ2) is 6.18. The van der Waals surface area contributed by atoms with Crippen molar-refractivity contribution in [3.8, 4) is 0 Å². The molecular weight excluding hydrogens is 392 g/mol. The first kappa shape index (κ1) is 16.1. The molecule has 1 N–H and O–H groups in total. The van der Waals surface area contributed by atoms with Gasteiger partial charge in [0.1, 0.15) is 11.6 Å². The summed E-state index contributed by atoms with van der Waals surface area (Å²) < 4.78 is 31.5. The lowest BCUT2D eigenvalue weighted by Gasteiger charge is -2.31. The van der Waals surface area contributed by atoms with Crippen LogP contribution in [0.15, 0.2) is 40.9 Å². The first-order chi connectivity index (χ1) is 12.0. The summed E-state index contributed by atoms with van der Waals surface area (Å²) in [6, 6.07) is 9.69. The number of fused-ring (bicyclic) bond motifs is 1. The van der Waals surface area contributed by atoms with E-state index in [1.54, 1.807) is 6.92 Å². The molecule has 2 atom stereocenters. The first-order valence-corrected chi connectivity index (χ1v) is 8.58. The Labute approximate surface area is 151 Å². The topological polar surface area (TPSA) is 55.6 Å². The third kappa shape index (κ3) is 2.80. The van der Waals surface area contributed by atoms with Gasteiger partial charge < -0.3 is 5.32 Å². The molecule has 2 heterocycles. The number of aryl methyl sites for hydroxylation is 1. The summed E-state index contributed by atoms with van der Waals surface area (Å²) >= 11 is 3.45. The van der Waals surface area contributed by atoms with Crippen LogP contribution in [-0.2, 0) is 0 Å². The Hall–Kier alpha value is -2.35. The molecule has 0 fully saturated rings. The molecule has 128 valence electrons. The Morgan fingerprint density at radius 1 is 1.24 bits per heavy atom. The number of rotatable bonds is 2. The molecule has 3 aromatic rings. The summed E-state index contributed by atoms with van der Waals surface area (Å²) in [5, 5.41) is 14.8. The Balaban J connectivity index is 1.82. The van der Waals surface area contributed by atoms with Crippen molar-refractivity contribution in [1.82, 2.24) is 20.2 Å². The lowest BCUT2D eigenvalue weighted by atomic mass is 9.92. The summed E-state index contributed by atoms with van der Waals surface area (Å²) in [5.41, 5.74) is 1.38. The summed E-state index contributed by atoms with van der Waals surface area (Å²) in [7, 11) is 0. The zero-order chi connectivity index (χ0) is 17.6. The normalized spacial score (nSPS) is 19.4. The van der Waals surface area contributed by atoms with Crippen LogP contribution in [0.1, 0.15) is 35.2 Å². The maximum atomic E-state index is 14.7. The van der Waals surface area contributed by atoms with E-state index in [9.17, 15) is 8.78 Å². The highest BCUT2D eigenvalue weighted by atomic mass is 79.9. The van der Waals surface area contributed by atoms with Crippen LogP contribution in [0.3, 0.4) is 0 Å². The summed E-state index contributed by atoms with van der Waals surface area (Å²) in [6.45, 7) is 1.62. The van der Waals surface area contributed by atoms with E-state index in [0.29, 0.717) is 17.9 Å². The molecule has 0 amide bonds. The van der Waals surface area contributed by atoms with Gasteiger partial charge in [-0.25, -0.2) is 13.5 Å². The number of hydrogen-bond acceptors (Lipinski definition) is 4. The molecule has 0 spiro atoms. The van der Waals surface area contributed by atoms with Gasteiger partial charge in [0.2, 0.25) is 5.95 Å². The van der Waals surface area contributed by atoms with E-state index in [4.69, 9.17) is 0 Å². The lowest BCUT2D eigenvalue weighted by molar-refractivity contribution is 0.392. The van der Waals surface area contributed by atoms with Crippen molar-refractivity contribution in [2.45, 2.75) is 25.4 Å². The van der Waals surface area contributed by atoms with Gasteiger partial charge in [0.25, 0.3) is 0 Å². The second-order valence-corrected chi connectivity index (χ2v) is 6.96. The zero-order valence-corrected chi connectivity index (χ0v) is 14.8. The van der Waals surface area contributed by atoms with Crippen LogP contribution in [0.25, 0.3) is 0 Å². The molecule has 0 bridgehead atoms. The quantitative estimate of drug-likeness (QED) is 0.694. The predicted octanol–water partition coefficient (Wildman–Crippen LogP) is 4.17. The molecule has 25 heavy (non-hydrogen) atoms. The fourth-order valence-corrected chi connectivity index (χ4v) is 3.62. The van der Waals surface area contributed by atoms with Crippen molar-refractivity contribution in [2.75, 3.05) is 5.32 Å². The van der Waals surface area contributed by atoms with Crippen LogP contribution < -0.4 is 5.32 Å². The molecule has 1 aliphatic heterocycles. The van der Waals surface area contributed by atoms with Crippen LogP contribution in [0.4, 0.5) is 14.7 Å². The predicted molar refractivity (Wildman–Crippen MR) is 92.2 cm³/mol. The van der Waals surface area contributed by atoms with Crippen LogP contribution in [0.2, 0.25) is 0 Å². The number of anilines is 1. The minimum Gasteiger partial charge on any atom is -0.346 e. The highest BCUT2D eigenvalue weighted by Gasteiger charge is 2.34. The number of aromatic nitrogens is 4. The summed E-state index contributed by atoms with van der Waals surface area (Å²) in [6.07, 6.45) is 0.422. The molecule has 0 unspecified atom stereocenters. The van der Waals surface area contributed by atoms with E-state index in [-0.39, 0.29) is 11.6 Å².